The number of nitrogens with one attached hydrogen (secondary N) is 1. The summed E-state index contributed by atoms with van der Waals surface area (Å²) in [5.74, 6) is -0.569. The van der Waals surface area contributed by atoms with E-state index >= 15 is 0 Å². The van der Waals surface area contributed by atoms with Crippen LogP contribution in [-0.2, 0) is 11.0 Å². The molecule has 7 nitrogen and oxygen atoms in total. The quantitative estimate of drug-likeness (QED) is 0.792. The van der Waals surface area contributed by atoms with E-state index in [1.54, 1.807) is 4.90 Å². The average Bonchev–Trinajstić information content (AvgIpc) is 2.67. The molecule has 0 spiro atoms. The lowest BCUT2D eigenvalue weighted by molar-refractivity contribution is -0.138. The molecule has 29 heavy (non-hydrogen) atoms. The van der Waals surface area contributed by atoms with Crippen molar-refractivity contribution in [2.24, 2.45) is 0 Å². The number of carbonyl (C=O) groups is 2. The fraction of sp³-hybridized carbons (Fsp3) is 0.632. The number of aliphatic hydroxyl groups is 1. The molecule has 2 aliphatic heterocycles. The number of aromatic nitrogens is 1. The van der Waals surface area contributed by atoms with E-state index in [1.165, 1.54) is 11.8 Å². The van der Waals surface area contributed by atoms with Crippen molar-refractivity contribution >= 4 is 17.6 Å². The Labute approximate surface area is 166 Å². The Balaban J connectivity index is 1.79. The van der Waals surface area contributed by atoms with Crippen LogP contribution in [0.2, 0.25) is 0 Å². The minimum absolute atomic E-state index is 0.00675. The van der Waals surface area contributed by atoms with Gasteiger partial charge in [0.05, 0.1) is 17.2 Å². The molecule has 3 rings (SSSR count). The number of likely N-dealkylation sites (tertiary alicyclic amines) is 2. The third-order valence-corrected chi connectivity index (χ3v) is 5.42. The molecule has 2 amide bonds. The highest BCUT2D eigenvalue weighted by Gasteiger charge is 2.38. The number of hydrogen-bond donors (Lipinski definition) is 2. The second-order valence-electron chi connectivity index (χ2n) is 7.58. The summed E-state index contributed by atoms with van der Waals surface area (Å²) < 4.78 is 40.3. The van der Waals surface area contributed by atoms with Crippen molar-refractivity contribution in [1.29, 1.82) is 0 Å². The minimum atomic E-state index is -4.71. The topological polar surface area (TPSA) is 85.8 Å². The number of pyridine rings is 1. The number of β-amino-alcohol motifs (C(OH)–C–C–N with tert-alkyl or cyclic N) is 1. The normalized spacial score (nSPS) is 21.2. The number of anilines is 1. The van der Waals surface area contributed by atoms with E-state index in [-0.39, 0.29) is 24.3 Å². The van der Waals surface area contributed by atoms with Crippen LogP contribution in [0.3, 0.4) is 0 Å². The van der Waals surface area contributed by atoms with E-state index in [4.69, 9.17) is 0 Å². The molecular formula is C19H25F3N4O3. The van der Waals surface area contributed by atoms with Gasteiger partial charge >= 0.3 is 6.18 Å². The molecule has 1 atom stereocenters. The van der Waals surface area contributed by atoms with E-state index in [9.17, 15) is 27.9 Å². The number of piperidine rings is 2. The number of carbonyl (C=O) groups excluding carboxylic acids is 2. The van der Waals surface area contributed by atoms with Crippen molar-refractivity contribution in [1.82, 2.24) is 14.8 Å². The van der Waals surface area contributed by atoms with Gasteiger partial charge in [0.2, 0.25) is 5.91 Å². The molecule has 0 aliphatic carbocycles. The fourth-order valence-electron chi connectivity index (χ4n) is 3.79. The summed E-state index contributed by atoms with van der Waals surface area (Å²) in [6.45, 7) is 2.95. The highest BCUT2D eigenvalue weighted by atomic mass is 19.4. The van der Waals surface area contributed by atoms with Crippen LogP contribution in [0.15, 0.2) is 12.3 Å². The maximum atomic E-state index is 13.4. The maximum absolute atomic E-state index is 13.4. The first-order chi connectivity index (χ1) is 13.6. The molecular weight excluding hydrogens is 389 g/mol. The molecule has 3 heterocycles. The molecule has 2 saturated heterocycles. The molecule has 0 bridgehead atoms. The zero-order valence-electron chi connectivity index (χ0n) is 16.2. The molecule has 2 aliphatic rings. The molecule has 1 aromatic heterocycles. The number of alkyl halides is 3. The van der Waals surface area contributed by atoms with Crippen LogP contribution in [0.4, 0.5) is 19.0 Å². The molecule has 2 fully saturated rings. The van der Waals surface area contributed by atoms with Gasteiger partial charge in [-0.05, 0) is 31.7 Å². The van der Waals surface area contributed by atoms with Gasteiger partial charge in [-0.15, -0.1) is 0 Å². The summed E-state index contributed by atoms with van der Waals surface area (Å²) in [5, 5.41) is 12.9. The van der Waals surface area contributed by atoms with Gasteiger partial charge in [0, 0.05) is 45.3 Å². The number of nitrogens with zero attached hydrogens (tertiary/aromatic N) is 3. The van der Waals surface area contributed by atoms with Crippen LogP contribution in [0.1, 0.15) is 48.5 Å². The Bertz CT molecular complexity index is 764. The fourth-order valence-corrected chi connectivity index (χ4v) is 3.79. The predicted molar refractivity (Wildman–Crippen MR) is 99.3 cm³/mol. The molecule has 2 N–H and O–H groups in total. The van der Waals surface area contributed by atoms with E-state index < -0.39 is 29.3 Å². The summed E-state index contributed by atoms with van der Waals surface area (Å²) >= 11 is 0. The summed E-state index contributed by atoms with van der Waals surface area (Å²) in [6, 6.07) is 1.10. The van der Waals surface area contributed by atoms with Crippen molar-refractivity contribution in [3.63, 3.8) is 0 Å². The predicted octanol–water partition coefficient (Wildman–Crippen LogP) is 2.12. The highest BCUT2D eigenvalue weighted by Crippen LogP contribution is 2.33. The number of hydrogen-bond acceptors (Lipinski definition) is 5. The average molecular weight is 414 g/mol. The number of aliphatic hydroxyl groups excluding tert-OH is 1. The van der Waals surface area contributed by atoms with Crippen LogP contribution in [-0.4, -0.2) is 70.0 Å². The van der Waals surface area contributed by atoms with Crippen LogP contribution < -0.4 is 5.32 Å². The first-order valence-electron chi connectivity index (χ1n) is 9.72. The Kier molecular flexibility index (Phi) is 6.30. The third kappa shape index (κ3) is 5.17. The molecule has 1 unspecified atom stereocenters. The lowest BCUT2D eigenvalue weighted by Gasteiger charge is -2.32. The van der Waals surface area contributed by atoms with Crippen molar-refractivity contribution in [2.75, 3.05) is 31.5 Å². The Morgan fingerprint density at radius 1 is 1.17 bits per heavy atom. The maximum Gasteiger partial charge on any atom is 0.418 e. The van der Waals surface area contributed by atoms with Crippen LogP contribution in [0.5, 0.6) is 0 Å². The van der Waals surface area contributed by atoms with Crippen molar-refractivity contribution in [2.45, 2.75) is 50.9 Å². The zero-order chi connectivity index (χ0) is 21.2. The second-order valence-corrected chi connectivity index (χ2v) is 7.58. The van der Waals surface area contributed by atoms with Gasteiger partial charge in [-0.3, -0.25) is 9.59 Å². The molecule has 0 radical (unpaired) electrons. The Morgan fingerprint density at radius 3 is 2.45 bits per heavy atom. The SMILES string of the molecule is CC(=O)N1CCC(Nc2cc(C(=O)N3CCCC(O)C3)c(C(F)(F)F)cn2)CC1. The van der Waals surface area contributed by atoms with Crippen molar-refractivity contribution in [3.8, 4) is 0 Å². The first-order valence-corrected chi connectivity index (χ1v) is 9.72. The zero-order valence-corrected chi connectivity index (χ0v) is 16.2. The van der Waals surface area contributed by atoms with Gasteiger partial charge in [0.25, 0.3) is 5.91 Å². The van der Waals surface area contributed by atoms with Gasteiger partial charge in [0.15, 0.2) is 0 Å². The molecule has 160 valence electrons. The number of halogens is 3. The van der Waals surface area contributed by atoms with Crippen LogP contribution >= 0.6 is 0 Å². The number of amides is 2. The third-order valence-electron chi connectivity index (χ3n) is 5.42. The van der Waals surface area contributed by atoms with Gasteiger partial charge < -0.3 is 20.2 Å². The monoisotopic (exact) mass is 414 g/mol. The van der Waals surface area contributed by atoms with E-state index in [0.29, 0.717) is 51.5 Å². The Hall–Kier alpha value is -2.36. The molecule has 10 heteroatoms. The molecule has 0 aromatic carbocycles. The van der Waals surface area contributed by atoms with Crippen molar-refractivity contribution < 1.29 is 27.9 Å². The smallest absolute Gasteiger partial charge is 0.391 e. The largest absolute Gasteiger partial charge is 0.418 e. The van der Waals surface area contributed by atoms with Gasteiger partial charge in [-0.25, -0.2) is 4.98 Å². The second kappa shape index (κ2) is 8.56. The van der Waals surface area contributed by atoms with E-state index in [2.05, 4.69) is 10.3 Å². The van der Waals surface area contributed by atoms with Gasteiger partial charge in [-0.1, -0.05) is 0 Å². The lowest BCUT2D eigenvalue weighted by atomic mass is 10.0. The number of rotatable bonds is 3. The van der Waals surface area contributed by atoms with Crippen molar-refractivity contribution in [3.05, 3.63) is 23.4 Å². The summed E-state index contributed by atoms with van der Waals surface area (Å²) in [7, 11) is 0. The summed E-state index contributed by atoms with van der Waals surface area (Å²) in [4.78, 5) is 31.0. The molecule has 1 aromatic rings. The minimum Gasteiger partial charge on any atom is -0.391 e. The van der Waals surface area contributed by atoms with Gasteiger partial charge in [-0.2, -0.15) is 13.2 Å². The van der Waals surface area contributed by atoms with E-state index in [1.807, 2.05) is 0 Å². The standard InChI is InChI=1S/C19H25F3N4O3/c1-12(27)25-7-4-13(5-8-25)24-17-9-15(16(10-23-17)19(20,21)22)18(29)26-6-2-3-14(28)11-26/h9-10,13-14,28H,2-8,11H2,1H3,(H,23,24). The van der Waals surface area contributed by atoms with Crippen LogP contribution in [0, 0.1) is 0 Å². The first kappa shape index (κ1) is 21.4. The molecule has 0 saturated carbocycles. The highest BCUT2D eigenvalue weighted by molar-refractivity contribution is 5.96. The van der Waals surface area contributed by atoms with E-state index in [0.717, 1.165) is 6.07 Å². The van der Waals surface area contributed by atoms with Crippen LogP contribution in [0.25, 0.3) is 0 Å². The summed E-state index contributed by atoms with van der Waals surface area (Å²) in [6.07, 6.45) is -2.41. The lowest BCUT2D eigenvalue weighted by Crippen LogP contribution is -2.43. The Morgan fingerprint density at radius 2 is 1.86 bits per heavy atom. The summed E-state index contributed by atoms with van der Waals surface area (Å²) in [5.41, 5.74) is -1.55. The van der Waals surface area contributed by atoms with Gasteiger partial charge in [0.1, 0.15) is 5.82 Å².